The second kappa shape index (κ2) is 14.1. The largest absolute Gasteiger partial charge is 0.388 e. The number of hydrogen-bond donors (Lipinski definition) is 3. The molecule has 152 valence electrons. The number of carbonyl (C=O) groups is 1. The Morgan fingerprint density at radius 1 is 1.14 bits per heavy atom. The van der Waals surface area contributed by atoms with Crippen molar-refractivity contribution in [2.75, 3.05) is 18.9 Å². The number of anilines is 1. The van der Waals surface area contributed by atoms with Crippen molar-refractivity contribution in [2.45, 2.75) is 34.1 Å². The van der Waals surface area contributed by atoms with E-state index in [0.29, 0.717) is 6.54 Å². The average Bonchev–Trinajstić information content (AvgIpc) is 2.70. The number of rotatable bonds is 6. The molecule has 1 aliphatic rings. The van der Waals surface area contributed by atoms with Crippen molar-refractivity contribution in [1.82, 2.24) is 10.6 Å². The second-order valence-electron chi connectivity index (χ2n) is 5.95. The second-order valence-corrected chi connectivity index (χ2v) is 5.95. The molecule has 1 aromatic carbocycles. The SMILES string of the molecule is C=C(/C=C\C)C(=C)NC1=CC(=O)NCC1.C=C(C)c1ccc(NC)cc1.CC. The molecule has 0 bridgehead atoms. The van der Waals surface area contributed by atoms with Crippen LogP contribution < -0.4 is 16.0 Å². The van der Waals surface area contributed by atoms with Crippen LogP contribution in [0.1, 0.15) is 39.7 Å². The zero-order valence-electron chi connectivity index (χ0n) is 18.0. The fourth-order valence-electron chi connectivity index (χ4n) is 2.20. The highest BCUT2D eigenvalue weighted by Gasteiger charge is 2.09. The van der Waals surface area contributed by atoms with E-state index in [1.54, 1.807) is 6.08 Å². The Labute approximate surface area is 170 Å². The van der Waals surface area contributed by atoms with Crippen molar-refractivity contribution < 1.29 is 4.79 Å². The molecule has 0 aliphatic carbocycles. The molecule has 0 spiro atoms. The molecule has 4 nitrogen and oxygen atoms in total. The van der Waals surface area contributed by atoms with Gasteiger partial charge in [-0.2, -0.15) is 0 Å². The molecular weight excluding hydrogens is 346 g/mol. The van der Waals surface area contributed by atoms with Crippen LogP contribution in [0.25, 0.3) is 5.57 Å². The highest BCUT2D eigenvalue weighted by Crippen LogP contribution is 2.14. The molecule has 1 amide bonds. The van der Waals surface area contributed by atoms with Gasteiger partial charge in [0.1, 0.15) is 0 Å². The molecule has 1 aliphatic heterocycles. The molecule has 4 heteroatoms. The van der Waals surface area contributed by atoms with Crippen LogP contribution in [0.5, 0.6) is 0 Å². The molecular formula is C24H35N3O. The molecule has 0 saturated heterocycles. The van der Waals surface area contributed by atoms with Crippen molar-refractivity contribution in [1.29, 1.82) is 0 Å². The van der Waals surface area contributed by atoms with Crippen LogP contribution in [0.4, 0.5) is 5.69 Å². The first-order chi connectivity index (χ1) is 13.4. The Kier molecular flexibility index (Phi) is 12.6. The number of carbonyl (C=O) groups excluding carboxylic acids is 1. The quantitative estimate of drug-likeness (QED) is 0.577. The lowest BCUT2D eigenvalue weighted by Gasteiger charge is -2.17. The van der Waals surface area contributed by atoms with E-state index < -0.39 is 0 Å². The number of allylic oxidation sites excluding steroid dienone is 3. The first kappa shape index (κ1) is 25.0. The van der Waals surface area contributed by atoms with Crippen LogP contribution in [0, 0.1) is 0 Å². The minimum atomic E-state index is -0.0619. The first-order valence-corrected chi connectivity index (χ1v) is 9.57. The maximum atomic E-state index is 11.1. The fourth-order valence-corrected chi connectivity index (χ4v) is 2.20. The van der Waals surface area contributed by atoms with Gasteiger partial charge in [0.05, 0.1) is 0 Å². The van der Waals surface area contributed by atoms with Gasteiger partial charge in [-0.05, 0) is 37.1 Å². The molecule has 0 aromatic heterocycles. The van der Waals surface area contributed by atoms with Crippen LogP contribution in [-0.4, -0.2) is 19.5 Å². The summed E-state index contributed by atoms with van der Waals surface area (Å²) in [7, 11) is 1.91. The standard InChI is InChI=1S/C12H16N2O.C10H13N.C2H6/c1-4-5-9(2)10(3)14-11-6-7-13-12(15)8-11;1-8(2)9-4-6-10(11-3)7-5-9;1-2/h4-5,8,14H,2-3,6-7H2,1H3,(H,13,15);4-7,11H,1H2,2-3H3;1-2H3/b5-4-;;. The van der Waals surface area contributed by atoms with Crippen LogP contribution in [-0.2, 0) is 4.79 Å². The summed E-state index contributed by atoms with van der Waals surface area (Å²) in [6.07, 6.45) is 6.13. The van der Waals surface area contributed by atoms with Gasteiger partial charge in [-0.15, -0.1) is 0 Å². The fraction of sp³-hybridized carbons (Fsp3) is 0.292. The van der Waals surface area contributed by atoms with Crippen molar-refractivity contribution in [2.24, 2.45) is 0 Å². The third-order valence-electron chi connectivity index (χ3n) is 3.73. The number of hydrogen-bond acceptors (Lipinski definition) is 3. The third-order valence-corrected chi connectivity index (χ3v) is 3.73. The maximum absolute atomic E-state index is 11.1. The number of benzene rings is 1. The van der Waals surface area contributed by atoms with Gasteiger partial charge < -0.3 is 16.0 Å². The van der Waals surface area contributed by atoms with E-state index in [-0.39, 0.29) is 5.91 Å². The summed E-state index contributed by atoms with van der Waals surface area (Å²) in [6.45, 7) is 20.2. The van der Waals surface area contributed by atoms with Crippen molar-refractivity contribution in [3.63, 3.8) is 0 Å². The Balaban J connectivity index is 0.000000497. The van der Waals surface area contributed by atoms with Crippen molar-refractivity contribution in [3.8, 4) is 0 Å². The molecule has 0 fully saturated rings. The van der Waals surface area contributed by atoms with Crippen LogP contribution in [0.15, 0.2) is 79.2 Å². The summed E-state index contributed by atoms with van der Waals surface area (Å²) in [5, 5.41) is 8.87. The number of amides is 1. The van der Waals surface area contributed by atoms with E-state index in [1.165, 1.54) is 5.56 Å². The third kappa shape index (κ3) is 9.62. The normalized spacial score (nSPS) is 12.3. The molecule has 1 aromatic rings. The van der Waals surface area contributed by atoms with Gasteiger partial charge in [0.25, 0.3) is 0 Å². The minimum Gasteiger partial charge on any atom is -0.388 e. The van der Waals surface area contributed by atoms with Crippen LogP contribution >= 0.6 is 0 Å². The molecule has 0 unspecified atom stereocenters. The molecule has 0 atom stereocenters. The molecule has 2 rings (SSSR count). The van der Waals surface area contributed by atoms with E-state index in [4.69, 9.17) is 0 Å². The molecule has 28 heavy (non-hydrogen) atoms. The summed E-state index contributed by atoms with van der Waals surface area (Å²) < 4.78 is 0. The Morgan fingerprint density at radius 3 is 2.21 bits per heavy atom. The lowest BCUT2D eigenvalue weighted by atomic mass is 10.1. The van der Waals surface area contributed by atoms with Crippen LogP contribution in [0.2, 0.25) is 0 Å². The molecule has 1 heterocycles. The van der Waals surface area contributed by atoms with Gasteiger partial charge in [0.15, 0.2) is 0 Å². The summed E-state index contributed by atoms with van der Waals surface area (Å²) in [5.41, 5.74) is 5.87. The van der Waals surface area contributed by atoms with E-state index in [1.807, 2.05) is 59.0 Å². The lowest BCUT2D eigenvalue weighted by Crippen LogP contribution is -2.30. The van der Waals surface area contributed by atoms with E-state index >= 15 is 0 Å². The minimum absolute atomic E-state index is 0.0619. The van der Waals surface area contributed by atoms with E-state index in [0.717, 1.165) is 34.6 Å². The van der Waals surface area contributed by atoms with Crippen molar-refractivity contribution >= 4 is 17.2 Å². The predicted octanol–water partition coefficient (Wildman–Crippen LogP) is 5.41. The Hall–Kier alpha value is -3.01. The highest BCUT2D eigenvalue weighted by atomic mass is 16.1. The Bertz CT molecular complexity index is 725. The predicted molar refractivity (Wildman–Crippen MR) is 124 cm³/mol. The van der Waals surface area contributed by atoms with Crippen LogP contribution in [0.3, 0.4) is 0 Å². The smallest absolute Gasteiger partial charge is 0.245 e. The van der Waals surface area contributed by atoms with Gasteiger partial charge in [-0.3, -0.25) is 4.79 Å². The average molecular weight is 382 g/mol. The zero-order chi connectivity index (χ0) is 21.5. The lowest BCUT2D eigenvalue weighted by molar-refractivity contribution is -0.116. The number of nitrogens with one attached hydrogen (secondary N) is 3. The van der Waals surface area contributed by atoms with Crippen molar-refractivity contribution in [3.05, 3.63) is 84.8 Å². The molecule has 3 N–H and O–H groups in total. The summed E-state index contributed by atoms with van der Waals surface area (Å²) in [5.74, 6) is -0.0619. The molecule has 0 radical (unpaired) electrons. The van der Waals surface area contributed by atoms with E-state index in [9.17, 15) is 4.79 Å². The van der Waals surface area contributed by atoms with Gasteiger partial charge in [-0.25, -0.2) is 0 Å². The summed E-state index contributed by atoms with van der Waals surface area (Å²) >= 11 is 0. The zero-order valence-corrected chi connectivity index (χ0v) is 18.0. The van der Waals surface area contributed by atoms with Gasteiger partial charge in [0.2, 0.25) is 5.91 Å². The monoisotopic (exact) mass is 381 g/mol. The first-order valence-electron chi connectivity index (χ1n) is 9.57. The highest BCUT2D eigenvalue weighted by molar-refractivity contribution is 5.89. The molecule has 0 saturated carbocycles. The van der Waals surface area contributed by atoms with Gasteiger partial charge in [0, 0.05) is 43.2 Å². The maximum Gasteiger partial charge on any atom is 0.245 e. The summed E-state index contributed by atoms with van der Waals surface area (Å²) in [6, 6.07) is 8.22. The van der Waals surface area contributed by atoms with E-state index in [2.05, 4.69) is 47.8 Å². The summed E-state index contributed by atoms with van der Waals surface area (Å²) in [4.78, 5) is 11.1. The topological polar surface area (TPSA) is 53.2 Å². The van der Waals surface area contributed by atoms with Gasteiger partial charge >= 0.3 is 0 Å². The Morgan fingerprint density at radius 2 is 1.75 bits per heavy atom. The van der Waals surface area contributed by atoms with Gasteiger partial charge in [-0.1, -0.05) is 63.4 Å².